The molecule has 0 N–H and O–H groups in total. The predicted molar refractivity (Wildman–Crippen MR) is 130 cm³/mol. The average Bonchev–Trinajstić information content (AvgIpc) is 3.52. The van der Waals surface area contributed by atoms with Crippen LogP contribution in [0.1, 0.15) is 72.4 Å². The summed E-state index contributed by atoms with van der Waals surface area (Å²) in [7, 11) is 0. The zero-order chi connectivity index (χ0) is 21.9. The van der Waals surface area contributed by atoms with Crippen molar-refractivity contribution in [3.8, 4) is 11.4 Å². The van der Waals surface area contributed by atoms with Gasteiger partial charge in [-0.2, -0.15) is 9.13 Å². The normalized spacial score (nSPS) is 19.8. The Bertz CT molecular complexity index is 1310. The molecule has 1 aliphatic carbocycles. The Hall–Kier alpha value is -3.13. The van der Waals surface area contributed by atoms with Crippen LogP contribution in [-0.2, 0) is 5.41 Å². The van der Waals surface area contributed by atoms with E-state index < -0.39 is 0 Å². The third kappa shape index (κ3) is 2.56. The molecule has 3 aromatic carbocycles. The van der Waals surface area contributed by atoms with Gasteiger partial charge < -0.3 is 0 Å². The van der Waals surface area contributed by atoms with Crippen molar-refractivity contribution in [2.24, 2.45) is 0 Å². The summed E-state index contributed by atoms with van der Waals surface area (Å²) >= 11 is 0. The first-order valence-corrected chi connectivity index (χ1v) is 12.0. The Morgan fingerprint density at radius 3 is 2.22 bits per heavy atom. The van der Waals surface area contributed by atoms with E-state index in [1.165, 1.54) is 71.0 Å². The lowest BCUT2D eigenvalue weighted by molar-refractivity contribution is -0.609. The number of aryl methyl sites for hydroxylation is 1. The van der Waals surface area contributed by atoms with Gasteiger partial charge in [-0.1, -0.05) is 79.6 Å². The highest BCUT2D eigenvalue weighted by Gasteiger charge is 2.52. The Morgan fingerprint density at radius 1 is 0.812 bits per heavy atom. The van der Waals surface area contributed by atoms with E-state index in [0.717, 1.165) is 0 Å². The first kappa shape index (κ1) is 19.5. The molecule has 0 bridgehead atoms. The van der Waals surface area contributed by atoms with Crippen LogP contribution in [0.2, 0.25) is 0 Å². The van der Waals surface area contributed by atoms with Crippen LogP contribution in [0.15, 0.2) is 78.9 Å². The molecule has 2 nitrogen and oxygen atoms in total. The van der Waals surface area contributed by atoms with Crippen LogP contribution in [0.3, 0.4) is 0 Å². The van der Waals surface area contributed by atoms with Crippen LogP contribution in [0, 0.1) is 13.8 Å². The summed E-state index contributed by atoms with van der Waals surface area (Å²) in [4.78, 5) is 0. The lowest BCUT2D eigenvalue weighted by Crippen LogP contribution is -2.38. The lowest BCUT2D eigenvalue weighted by atomic mass is 9.74. The molecular formula is C30H31N2+. The Kier molecular flexibility index (Phi) is 4.40. The number of benzene rings is 3. The van der Waals surface area contributed by atoms with Gasteiger partial charge in [-0.15, -0.1) is 0 Å². The summed E-state index contributed by atoms with van der Waals surface area (Å²) < 4.78 is 5.23. The zero-order valence-electron chi connectivity index (χ0n) is 19.3. The molecule has 1 fully saturated rings. The summed E-state index contributed by atoms with van der Waals surface area (Å²) in [6, 6.07) is 29.0. The fraction of sp³-hybridized carbons (Fsp3) is 0.300. The topological polar surface area (TPSA) is 8.81 Å². The maximum absolute atomic E-state index is 2.64. The average molecular weight is 420 g/mol. The summed E-state index contributed by atoms with van der Waals surface area (Å²) in [6.45, 7) is 7.00. The van der Waals surface area contributed by atoms with E-state index in [4.69, 9.17) is 0 Å². The number of hydrogen-bond acceptors (Lipinski definition) is 0. The van der Waals surface area contributed by atoms with Gasteiger partial charge in [0.1, 0.15) is 11.4 Å². The second kappa shape index (κ2) is 7.20. The third-order valence-corrected chi connectivity index (χ3v) is 7.94. The minimum atomic E-state index is -0.177. The highest BCUT2D eigenvalue weighted by molar-refractivity contribution is 5.58. The van der Waals surface area contributed by atoms with Crippen molar-refractivity contribution >= 4 is 0 Å². The standard InChI is InChI=1S/C30H31N2/c1-21-13-7-11-19-26(21)31-22(2)28-30(3,24-16-5-4-6-17-24)25-18-10-12-20-27(25)32(28)29(31)23-14-8-9-15-23/h4-7,10-13,16-20,23H,8-9,14-15H2,1-3H3/q+1. The molecule has 2 heterocycles. The van der Waals surface area contributed by atoms with Crippen molar-refractivity contribution in [2.45, 2.75) is 57.8 Å². The van der Waals surface area contributed by atoms with E-state index in [2.05, 4.69) is 109 Å². The van der Waals surface area contributed by atoms with Crippen LogP contribution in [0.25, 0.3) is 11.4 Å². The number of nitrogens with zero attached hydrogens (tertiary/aromatic N) is 2. The molecule has 2 heteroatoms. The monoisotopic (exact) mass is 419 g/mol. The first-order chi connectivity index (χ1) is 15.6. The van der Waals surface area contributed by atoms with E-state index in [9.17, 15) is 0 Å². The molecule has 1 aliphatic heterocycles. The van der Waals surface area contributed by atoms with Crippen molar-refractivity contribution in [3.63, 3.8) is 0 Å². The summed E-state index contributed by atoms with van der Waals surface area (Å²) in [6.07, 6.45) is 5.21. The molecular weight excluding hydrogens is 388 g/mol. The number of hydrogen-bond donors (Lipinski definition) is 0. The molecule has 0 radical (unpaired) electrons. The van der Waals surface area contributed by atoms with Gasteiger partial charge in [0.2, 0.25) is 0 Å². The maximum Gasteiger partial charge on any atom is 0.270 e. The second-order valence-corrected chi connectivity index (χ2v) is 9.74. The zero-order valence-corrected chi connectivity index (χ0v) is 19.3. The largest absolute Gasteiger partial charge is 0.270 e. The van der Waals surface area contributed by atoms with Gasteiger partial charge in [-0.25, -0.2) is 0 Å². The quantitative estimate of drug-likeness (QED) is 0.327. The number of imidazole rings is 1. The molecule has 2 aliphatic rings. The summed E-state index contributed by atoms with van der Waals surface area (Å²) in [5, 5.41) is 0. The highest BCUT2D eigenvalue weighted by atomic mass is 15.2. The second-order valence-electron chi connectivity index (χ2n) is 9.74. The summed E-state index contributed by atoms with van der Waals surface area (Å²) in [5.74, 6) is 2.06. The molecule has 1 saturated carbocycles. The van der Waals surface area contributed by atoms with Crippen molar-refractivity contribution in [1.29, 1.82) is 0 Å². The van der Waals surface area contributed by atoms with Gasteiger partial charge in [0, 0.05) is 12.5 Å². The van der Waals surface area contributed by atoms with Crippen LogP contribution in [-0.4, -0.2) is 4.57 Å². The molecule has 0 saturated heterocycles. The maximum atomic E-state index is 2.64. The van der Waals surface area contributed by atoms with Gasteiger partial charge >= 0.3 is 0 Å². The van der Waals surface area contributed by atoms with Gasteiger partial charge in [0.15, 0.2) is 11.4 Å². The van der Waals surface area contributed by atoms with E-state index in [0.29, 0.717) is 5.92 Å². The Balaban J connectivity index is 1.75. The van der Waals surface area contributed by atoms with Gasteiger partial charge in [0.25, 0.3) is 5.82 Å². The van der Waals surface area contributed by atoms with Crippen LogP contribution in [0.4, 0.5) is 0 Å². The summed E-state index contributed by atoms with van der Waals surface area (Å²) in [5.41, 5.74) is 9.40. The number of fused-ring (bicyclic) bond motifs is 3. The molecule has 1 atom stereocenters. The molecule has 1 aromatic heterocycles. The number of aromatic nitrogens is 2. The molecule has 160 valence electrons. The minimum absolute atomic E-state index is 0.177. The first-order valence-electron chi connectivity index (χ1n) is 12.0. The number of rotatable bonds is 3. The lowest BCUT2D eigenvalue weighted by Gasteiger charge is -2.24. The molecule has 0 spiro atoms. The van der Waals surface area contributed by atoms with Crippen LogP contribution in [0.5, 0.6) is 0 Å². The molecule has 1 unspecified atom stereocenters. The van der Waals surface area contributed by atoms with E-state index in [-0.39, 0.29) is 5.41 Å². The van der Waals surface area contributed by atoms with E-state index >= 15 is 0 Å². The van der Waals surface area contributed by atoms with Crippen molar-refractivity contribution in [2.75, 3.05) is 0 Å². The minimum Gasteiger partial charge on any atom is -0.196 e. The van der Waals surface area contributed by atoms with Gasteiger partial charge in [-0.3, -0.25) is 0 Å². The van der Waals surface area contributed by atoms with Gasteiger partial charge in [-0.05, 0) is 49.9 Å². The smallest absolute Gasteiger partial charge is 0.196 e. The molecule has 6 rings (SSSR count). The van der Waals surface area contributed by atoms with E-state index in [1.807, 2.05) is 0 Å². The fourth-order valence-electron chi connectivity index (χ4n) is 6.43. The van der Waals surface area contributed by atoms with Crippen molar-refractivity contribution in [1.82, 2.24) is 4.57 Å². The van der Waals surface area contributed by atoms with Crippen molar-refractivity contribution < 1.29 is 4.57 Å². The van der Waals surface area contributed by atoms with Crippen molar-refractivity contribution in [3.05, 3.63) is 113 Å². The van der Waals surface area contributed by atoms with Crippen LogP contribution >= 0.6 is 0 Å². The molecule has 0 amide bonds. The van der Waals surface area contributed by atoms with E-state index in [1.54, 1.807) is 0 Å². The SMILES string of the molecule is Cc1ccccc1-n1c(C)c2[n+](c1C1CCCC1)-c1ccccc1C2(C)c1ccccc1. The fourth-order valence-corrected chi connectivity index (χ4v) is 6.43. The third-order valence-electron chi connectivity index (χ3n) is 7.94. The predicted octanol–water partition coefficient (Wildman–Crippen LogP) is 6.70. The Morgan fingerprint density at radius 2 is 1.47 bits per heavy atom. The molecule has 32 heavy (non-hydrogen) atoms. The Labute approximate surface area is 191 Å². The molecule has 4 aromatic rings. The van der Waals surface area contributed by atoms with Gasteiger partial charge in [0.05, 0.1) is 11.3 Å². The highest BCUT2D eigenvalue weighted by Crippen LogP contribution is 2.48. The van der Waals surface area contributed by atoms with Crippen LogP contribution < -0.4 is 4.57 Å². The number of para-hydroxylation sites is 2.